The van der Waals surface area contributed by atoms with Crippen molar-refractivity contribution in [3.63, 3.8) is 0 Å². The number of nitrogens with zero attached hydrogens (tertiary/aromatic N) is 2. The number of pyridine rings is 1. The van der Waals surface area contributed by atoms with E-state index in [1.807, 2.05) is 0 Å². The Morgan fingerprint density at radius 1 is 1.47 bits per heavy atom. The molecule has 0 unspecified atom stereocenters. The molecule has 2 radical (unpaired) electrons. The van der Waals surface area contributed by atoms with Crippen molar-refractivity contribution in [1.82, 2.24) is 14.8 Å². The number of carbonyl (C=O) groups excluding carboxylic acids is 1. The van der Waals surface area contributed by atoms with E-state index in [2.05, 4.69) is 5.32 Å². The third-order valence-electron chi connectivity index (χ3n) is 3.11. The van der Waals surface area contributed by atoms with Crippen LogP contribution in [0.3, 0.4) is 0 Å². The Kier molecular flexibility index (Phi) is 2.96. The zero-order valence-electron chi connectivity index (χ0n) is 9.99. The van der Waals surface area contributed by atoms with Crippen molar-refractivity contribution in [1.29, 1.82) is 0 Å². The average Bonchev–Trinajstić information content (AvgIpc) is 2.34. The first-order valence-corrected chi connectivity index (χ1v) is 5.48. The molecule has 88 valence electrons. The molecule has 0 aliphatic carbocycles. The zero-order chi connectivity index (χ0) is 12.6. The third-order valence-corrected chi connectivity index (χ3v) is 3.11. The van der Waals surface area contributed by atoms with Gasteiger partial charge in [-0.05, 0) is 12.0 Å². The molecule has 0 spiro atoms. The van der Waals surface area contributed by atoms with Crippen LogP contribution >= 0.6 is 0 Å². The van der Waals surface area contributed by atoms with Gasteiger partial charge in [0.05, 0.1) is 0 Å². The van der Waals surface area contributed by atoms with Gasteiger partial charge in [0.1, 0.15) is 7.85 Å². The molecule has 0 bridgehead atoms. The summed E-state index contributed by atoms with van der Waals surface area (Å²) in [5.74, 6) is 0. The smallest absolute Gasteiger partial charge is 0.317 e. The highest BCUT2D eigenvalue weighted by atomic mass is 16.2. The molecule has 2 amide bonds. The molecule has 2 heterocycles. The quantitative estimate of drug-likeness (QED) is 0.575. The van der Waals surface area contributed by atoms with E-state index in [4.69, 9.17) is 7.85 Å². The number of urea groups is 1. The van der Waals surface area contributed by atoms with Gasteiger partial charge in [-0.15, -0.1) is 0 Å². The number of fused-ring (bicyclic) bond motifs is 1. The highest BCUT2D eigenvalue weighted by Gasteiger charge is 2.23. The Balaban J connectivity index is 2.42. The third kappa shape index (κ3) is 1.95. The monoisotopic (exact) mass is 231 g/mol. The molecule has 5 nitrogen and oxygen atoms in total. The molecule has 1 aliphatic rings. The van der Waals surface area contributed by atoms with Crippen LogP contribution in [0.1, 0.15) is 11.1 Å². The average molecular weight is 231 g/mol. The van der Waals surface area contributed by atoms with E-state index >= 15 is 0 Å². The molecule has 1 aromatic heterocycles. The van der Waals surface area contributed by atoms with Gasteiger partial charge in [-0.2, -0.15) is 0 Å². The lowest BCUT2D eigenvalue weighted by Gasteiger charge is -2.29. The molecular formula is C11H14BN3O2. The second kappa shape index (κ2) is 4.27. The Bertz CT molecular complexity index is 524. The summed E-state index contributed by atoms with van der Waals surface area (Å²) >= 11 is 0. The Labute approximate surface area is 101 Å². The largest absolute Gasteiger partial charge is 0.341 e. The molecule has 0 saturated heterocycles. The molecular weight excluding hydrogens is 217 g/mol. The fourth-order valence-corrected chi connectivity index (χ4v) is 2.15. The lowest BCUT2D eigenvalue weighted by atomic mass is 9.87. The number of nitrogens with one attached hydrogen (secondary N) is 1. The van der Waals surface area contributed by atoms with Crippen molar-refractivity contribution in [3.8, 4) is 0 Å². The molecule has 1 N–H and O–H groups in total. The first-order chi connectivity index (χ1) is 8.04. The Hall–Kier alpha value is -1.72. The number of amides is 2. The zero-order valence-corrected chi connectivity index (χ0v) is 9.99. The van der Waals surface area contributed by atoms with Crippen LogP contribution in [0.2, 0.25) is 0 Å². The van der Waals surface area contributed by atoms with Crippen LogP contribution in [-0.4, -0.2) is 36.9 Å². The van der Waals surface area contributed by atoms with Crippen molar-refractivity contribution in [3.05, 3.63) is 27.7 Å². The lowest BCUT2D eigenvalue weighted by molar-refractivity contribution is 0.194. The van der Waals surface area contributed by atoms with Gasteiger partial charge in [-0.25, -0.2) is 4.79 Å². The fourth-order valence-electron chi connectivity index (χ4n) is 2.15. The minimum Gasteiger partial charge on any atom is -0.341 e. The summed E-state index contributed by atoms with van der Waals surface area (Å²) < 4.78 is 1.49. The van der Waals surface area contributed by atoms with Gasteiger partial charge in [-0.3, -0.25) is 4.79 Å². The van der Waals surface area contributed by atoms with Gasteiger partial charge in [-0.1, -0.05) is 5.46 Å². The summed E-state index contributed by atoms with van der Waals surface area (Å²) in [5, 5.41) is 2.57. The Morgan fingerprint density at radius 2 is 2.18 bits per heavy atom. The van der Waals surface area contributed by atoms with Gasteiger partial charge in [0.25, 0.3) is 5.56 Å². The molecule has 0 atom stereocenters. The number of rotatable bonds is 0. The maximum absolute atomic E-state index is 11.9. The summed E-state index contributed by atoms with van der Waals surface area (Å²) in [5.41, 5.74) is 2.05. The molecule has 0 aromatic carbocycles. The second-order valence-corrected chi connectivity index (χ2v) is 4.18. The standard InChI is InChI=1S/C11H14BN3O2/c1-13-11(17)15-4-3-7-8(5-15)9(12)6-14(2)10(7)16/h6H,3-5H2,1-2H3,(H,13,17). The summed E-state index contributed by atoms with van der Waals surface area (Å²) in [6, 6.07) is -0.143. The van der Waals surface area contributed by atoms with E-state index in [0.717, 1.165) is 11.1 Å². The number of carbonyl (C=O) groups is 1. The fraction of sp³-hybridized carbons (Fsp3) is 0.455. The first-order valence-electron chi connectivity index (χ1n) is 5.48. The molecule has 6 heteroatoms. The van der Waals surface area contributed by atoms with Crippen LogP contribution in [0.15, 0.2) is 11.0 Å². The molecule has 2 rings (SSSR count). The van der Waals surface area contributed by atoms with Gasteiger partial charge >= 0.3 is 6.03 Å². The van der Waals surface area contributed by atoms with Gasteiger partial charge in [0.2, 0.25) is 0 Å². The van der Waals surface area contributed by atoms with Crippen LogP contribution < -0.4 is 16.3 Å². The summed E-state index contributed by atoms with van der Waals surface area (Å²) in [4.78, 5) is 25.1. The Morgan fingerprint density at radius 3 is 2.82 bits per heavy atom. The molecule has 0 saturated carbocycles. The number of aryl methyl sites for hydroxylation is 1. The van der Waals surface area contributed by atoms with Crippen LogP contribution in [0, 0.1) is 0 Å². The van der Waals surface area contributed by atoms with Crippen LogP contribution in [-0.2, 0) is 20.0 Å². The van der Waals surface area contributed by atoms with Crippen LogP contribution in [0.5, 0.6) is 0 Å². The van der Waals surface area contributed by atoms with Crippen LogP contribution in [0.25, 0.3) is 0 Å². The van der Waals surface area contributed by atoms with Gasteiger partial charge < -0.3 is 14.8 Å². The van der Waals surface area contributed by atoms with E-state index in [1.54, 1.807) is 25.2 Å². The predicted molar refractivity (Wildman–Crippen MR) is 65.6 cm³/mol. The highest BCUT2D eigenvalue weighted by molar-refractivity contribution is 6.33. The van der Waals surface area contributed by atoms with Crippen molar-refractivity contribution in [2.24, 2.45) is 7.05 Å². The minimum atomic E-state index is -0.143. The van der Waals surface area contributed by atoms with Gasteiger partial charge in [0.15, 0.2) is 0 Å². The van der Waals surface area contributed by atoms with Crippen molar-refractivity contribution in [2.45, 2.75) is 13.0 Å². The molecule has 0 fully saturated rings. The van der Waals surface area contributed by atoms with Crippen molar-refractivity contribution < 1.29 is 4.79 Å². The lowest BCUT2D eigenvalue weighted by Crippen LogP contribution is -2.45. The van der Waals surface area contributed by atoms with Crippen molar-refractivity contribution >= 4 is 19.3 Å². The number of hydrogen-bond acceptors (Lipinski definition) is 2. The topological polar surface area (TPSA) is 54.3 Å². The number of aromatic nitrogens is 1. The molecule has 17 heavy (non-hydrogen) atoms. The normalized spacial score (nSPS) is 14.4. The maximum Gasteiger partial charge on any atom is 0.317 e. The second-order valence-electron chi connectivity index (χ2n) is 4.18. The minimum absolute atomic E-state index is 0.0224. The van der Waals surface area contributed by atoms with Gasteiger partial charge in [0, 0.05) is 38.9 Å². The summed E-state index contributed by atoms with van der Waals surface area (Å²) in [6.07, 6.45) is 2.16. The predicted octanol–water partition coefficient (Wildman–Crippen LogP) is -1.12. The SMILES string of the molecule is [B]c1cn(C)c(=O)c2c1CN(C(=O)NC)CC2. The number of hydrogen-bond donors (Lipinski definition) is 1. The van der Waals surface area contributed by atoms with Crippen molar-refractivity contribution in [2.75, 3.05) is 13.6 Å². The highest BCUT2D eigenvalue weighted by Crippen LogP contribution is 2.13. The molecule has 1 aromatic rings. The van der Waals surface area contributed by atoms with Crippen LogP contribution in [0.4, 0.5) is 4.79 Å². The van der Waals surface area contributed by atoms with E-state index in [1.165, 1.54) is 4.57 Å². The van der Waals surface area contributed by atoms with E-state index in [9.17, 15) is 9.59 Å². The maximum atomic E-state index is 11.9. The van der Waals surface area contributed by atoms with E-state index in [0.29, 0.717) is 25.0 Å². The summed E-state index contributed by atoms with van der Waals surface area (Å²) in [7, 11) is 9.17. The first kappa shape index (κ1) is 11.8. The van der Waals surface area contributed by atoms with E-state index < -0.39 is 0 Å². The summed E-state index contributed by atoms with van der Waals surface area (Å²) in [6.45, 7) is 0.947. The van der Waals surface area contributed by atoms with E-state index in [-0.39, 0.29) is 11.6 Å². The molecule has 1 aliphatic heterocycles.